The van der Waals surface area contributed by atoms with Crippen LogP contribution in [0.15, 0.2) is 89.6 Å². The normalized spacial score (nSPS) is 13.4. The van der Waals surface area contributed by atoms with Gasteiger partial charge in [0.25, 0.3) is 0 Å². The third-order valence-corrected chi connectivity index (χ3v) is 6.20. The van der Waals surface area contributed by atoms with E-state index >= 15 is 0 Å². The zero-order valence-electron chi connectivity index (χ0n) is 20.9. The number of pyridine rings is 2. The van der Waals surface area contributed by atoms with Gasteiger partial charge in [-0.15, -0.1) is 0 Å². The average molecular weight is 419 g/mol. The Morgan fingerprint density at radius 2 is 1.69 bits per heavy atom. The van der Waals surface area contributed by atoms with Crippen LogP contribution in [0.25, 0.3) is 55.2 Å². The number of nitrogens with zero attached hydrogens (tertiary/aromatic N) is 2. The highest BCUT2D eigenvalue weighted by atomic mass is 16.3. The first kappa shape index (κ1) is 15.8. The molecular weight excluding hydrogens is 392 g/mol. The fraction of sp³-hybridized carbons (Fsp3) is 0.103. The zero-order valence-corrected chi connectivity index (χ0v) is 17.9. The maximum Gasteiger partial charge on any atom is 0.227 e. The molecule has 3 nitrogen and oxygen atoms in total. The summed E-state index contributed by atoms with van der Waals surface area (Å²) >= 11 is 0. The Morgan fingerprint density at radius 1 is 0.875 bits per heavy atom. The third kappa shape index (κ3) is 2.82. The molecule has 3 heterocycles. The van der Waals surface area contributed by atoms with Crippen molar-refractivity contribution in [2.45, 2.75) is 13.8 Å². The molecule has 0 aliphatic rings. The van der Waals surface area contributed by atoms with Crippen LogP contribution in [0, 0.1) is 13.8 Å². The summed E-state index contributed by atoms with van der Waals surface area (Å²) in [6, 6.07) is 24.0. The maximum absolute atomic E-state index is 8.13. The van der Waals surface area contributed by atoms with Gasteiger partial charge in [0, 0.05) is 38.3 Å². The molecule has 0 spiro atoms. The molecule has 6 aromatic rings. The summed E-state index contributed by atoms with van der Waals surface area (Å²) in [7, 11) is 1.90. The molecule has 0 unspecified atom stereocenters. The summed E-state index contributed by atoms with van der Waals surface area (Å²) in [6.45, 7) is -0.181. The van der Waals surface area contributed by atoms with Crippen molar-refractivity contribution >= 4 is 32.8 Å². The molecule has 3 heteroatoms. The lowest BCUT2D eigenvalue weighted by molar-refractivity contribution is -0.660. The monoisotopic (exact) mass is 418 g/mol. The molecule has 0 bridgehead atoms. The van der Waals surface area contributed by atoms with E-state index in [0.29, 0.717) is 16.8 Å². The Labute approximate surface area is 190 Å². The molecule has 0 N–H and O–H groups in total. The van der Waals surface area contributed by atoms with Crippen molar-refractivity contribution in [3.8, 4) is 22.4 Å². The summed E-state index contributed by atoms with van der Waals surface area (Å²) < 4.78 is 32.4. The van der Waals surface area contributed by atoms with Gasteiger partial charge in [0.1, 0.15) is 12.6 Å². The molecule has 3 aromatic carbocycles. The number of hydrogen-bond donors (Lipinski definition) is 0. The van der Waals surface area contributed by atoms with Crippen molar-refractivity contribution in [1.82, 2.24) is 4.98 Å². The van der Waals surface area contributed by atoms with Crippen molar-refractivity contribution in [2.75, 3.05) is 0 Å². The van der Waals surface area contributed by atoms with Crippen molar-refractivity contribution in [1.29, 1.82) is 0 Å². The number of fused-ring (bicyclic) bond motifs is 5. The zero-order chi connectivity index (χ0) is 24.3. The van der Waals surface area contributed by atoms with Crippen LogP contribution in [0.5, 0.6) is 0 Å². The van der Waals surface area contributed by atoms with Crippen LogP contribution in [0.4, 0.5) is 0 Å². The number of aryl methyl sites for hydroxylation is 3. The largest absolute Gasteiger partial charge is 0.438 e. The van der Waals surface area contributed by atoms with E-state index in [4.69, 9.17) is 8.53 Å². The Morgan fingerprint density at radius 3 is 2.53 bits per heavy atom. The Hall–Kier alpha value is -3.98. The molecule has 0 radical (unpaired) electrons. The predicted octanol–water partition coefficient (Wildman–Crippen LogP) is 6.91. The minimum atomic E-state index is -2.23. The van der Waals surface area contributed by atoms with Gasteiger partial charge in [-0.05, 0) is 48.0 Å². The molecule has 0 aliphatic carbocycles. The second-order valence-electron chi connectivity index (χ2n) is 8.25. The first-order valence-corrected chi connectivity index (χ1v) is 10.6. The lowest BCUT2D eigenvalue weighted by Gasteiger charge is -2.10. The highest BCUT2D eigenvalue weighted by Crippen LogP contribution is 2.37. The highest BCUT2D eigenvalue weighted by Gasteiger charge is 2.20. The minimum Gasteiger partial charge on any atom is -0.438 e. The molecule has 32 heavy (non-hydrogen) atoms. The van der Waals surface area contributed by atoms with E-state index in [2.05, 4.69) is 23.2 Å². The molecule has 0 saturated heterocycles. The van der Waals surface area contributed by atoms with Crippen LogP contribution < -0.4 is 4.57 Å². The van der Waals surface area contributed by atoms with Gasteiger partial charge in [-0.25, -0.2) is 9.55 Å². The van der Waals surface area contributed by atoms with Crippen molar-refractivity contribution in [2.24, 2.45) is 7.05 Å². The molecule has 0 aliphatic heterocycles. The van der Waals surface area contributed by atoms with Crippen molar-refractivity contribution < 1.29 is 13.1 Å². The molecule has 154 valence electrons. The first-order chi connectivity index (χ1) is 16.8. The van der Waals surface area contributed by atoms with Crippen molar-refractivity contribution in [3.05, 3.63) is 96.3 Å². The number of benzene rings is 3. The quantitative estimate of drug-likeness (QED) is 0.286. The second kappa shape index (κ2) is 7.03. The minimum absolute atomic E-state index is 0.331. The Kier molecular flexibility index (Phi) is 3.46. The van der Waals surface area contributed by atoms with Gasteiger partial charge in [0.05, 0.1) is 5.39 Å². The number of furan rings is 1. The van der Waals surface area contributed by atoms with E-state index in [1.54, 1.807) is 6.20 Å². The highest BCUT2D eigenvalue weighted by molar-refractivity contribution is 6.18. The van der Waals surface area contributed by atoms with Crippen LogP contribution >= 0.6 is 0 Å². The van der Waals surface area contributed by atoms with E-state index in [1.165, 1.54) is 0 Å². The molecule has 0 fully saturated rings. The molecular formula is C29H23N2O+. The van der Waals surface area contributed by atoms with Gasteiger partial charge in [0.2, 0.25) is 11.4 Å². The van der Waals surface area contributed by atoms with Crippen LogP contribution in [-0.2, 0) is 7.05 Å². The third-order valence-electron chi connectivity index (χ3n) is 6.20. The van der Waals surface area contributed by atoms with Crippen LogP contribution in [0.3, 0.4) is 0 Å². The lowest BCUT2D eigenvalue weighted by Crippen LogP contribution is -2.31. The van der Waals surface area contributed by atoms with Gasteiger partial charge >= 0.3 is 0 Å². The summed E-state index contributed by atoms with van der Waals surface area (Å²) in [5.41, 5.74) is 6.31. The summed E-state index contributed by atoms with van der Waals surface area (Å²) in [5, 5.41) is 4.14. The van der Waals surface area contributed by atoms with E-state index in [0.717, 1.165) is 49.5 Å². The fourth-order valence-corrected chi connectivity index (χ4v) is 4.60. The molecule has 0 amide bonds. The Balaban J connectivity index is 1.66. The fourth-order valence-electron chi connectivity index (χ4n) is 4.60. The lowest BCUT2D eigenvalue weighted by atomic mass is 9.96. The summed E-state index contributed by atoms with van der Waals surface area (Å²) in [5.74, 6) is 0. The molecule has 6 rings (SSSR count). The van der Waals surface area contributed by atoms with Gasteiger partial charge in [0.15, 0.2) is 6.20 Å². The van der Waals surface area contributed by atoms with Crippen LogP contribution in [-0.4, -0.2) is 4.98 Å². The SMILES string of the molecule is [2H]C([2H])([2H])c1c[n+](C)c(-c2cc3c(cc2C)oc2ncc4ccccc4c23)cc1-c1ccccc1. The topological polar surface area (TPSA) is 29.9 Å². The number of aromatic nitrogens is 2. The average Bonchev–Trinajstić information content (AvgIpc) is 3.21. The van der Waals surface area contributed by atoms with Crippen LogP contribution in [0.2, 0.25) is 0 Å². The predicted molar refractivity (Wildman–Crippen MR) is 131 cm³/mol. The van der Waals surface area contributed by atoms with Gasteiger partial charge < -0.3 is 4.42 Å². The summed E-state index contributed by atoms with van der Waals surface area (Å²) in [4.78, 5) is 4.55. The van der Waals surface area contributed by atoms with E-state index < -0.39 is 6.85 Å². The van der Waals surface area contributed by atoms with Gasteiger partial charge in [-0.1, -0.05) is 54.6 Å². The molecule has 0 saturated carbocycles. The standard InChI is InChI=1S/C29H23N2O/c1-18-13-27-25(28-22-12-8-7-11-21(22)16-30-29(28)32-27)14-24(18)26-15-23(19(2)17-31(26)3)20-9-5-4-6-10-20/h4-17H,1-3H3/q+1/i2D3. The van der Waals surface area contributed by atoms with Crippen LogP contribution in [0.1, 0.15) is 15.2 Å². The van der Waals surface area contributed by atoms with Gasteiger partial charge in [-0.2, -0.15) is 0 Å². The van der Waals surface area contributed by atoms with Crippen molar-refractivity contribution in [3.63, 3.8) is 0 Å². The van der Waals surface area contributed by atoms with E-state index in [-0.39, 0.29) is 0 Å². The molecule has 3 aromatic heterocycles. The first-order valence-electron chi connectivity index (χ1n) is 12.1. The Bertz CT molecular complexity index is 1750. The maximum atomic E-state index is 8.13. The second-order valence-corrected chi connectivity index (χ2v) is 8.25. The van der Waals surface area contributed by atoms with E-state index in [1.807, 2.05) is 79.3 Å². The van der Waals surface area contributed by atoms with E-state index in [9.17, 15) is 0 Å². The molecule has 0 atom stereocenters. The van der Waals surface area contributed by atoms with Gasteiger partial charge in [-0.3, -0.25) is 0 Å². The number of rotatable bonds is 2. The number of hydrogen-bond acceptors (Lipinski definition) is 2. The smallest absolute Gasteiger partial charge is 0.227 e. The summed E-state index contributed by atoms with van der Waals surface area (Å²) in [6.07, 6.45) is 3.58.